The van der Waals surface area contributed by atoms with Crippen molar-refractivity contribution in [2.45, 2.75) is 81.5 Å². The average Bonchev–Trinajstić information content (AvgIpc) is 3.35. The second kappa shape index (κ2) is 10.3. The van der Waals surface area contributed by atoms with Gasteiger partial charge in [-0.3, -0.25) is 14.4 Å². The molecular formula is C27H43N3O4S. The molecule has 0 radical (unpaired) electrons. The summed E-state index contributed by atoms with van der Waals surface area (Å²) < 4.78 is -1.09. The molecule has 3 aliphatic rings. The molecule has 0 saturated carbocycles. The van der Waals surface area contributed by atoms with Crippen molar-refractivity contribution in [2.24, 2.45) is 17.8 Å². The van der Waals surface area contributed by atoms with Crippen LogP contribution < -0.4 is 0 Å². The molecule has 3 heterocycles. The molecule has 1 N–H and O–H groups in total. The Morgan fingerprint density at radius 1 is 1.17 bits per heavy atom. The summed E-state index contributed by atoms with van der Waals surface area (Å²) >= 11 is 1.67. The summed E-state index contributed by atoms with van der Waals surface area (Å²) in [5, 5.41) is 10.4. The van der Waals surface area contributed by atoms with Gasteiger partial charge in [-0.25, -0.2) is 0 Å². The summed E-state index contributed by atoms with van der Waals surface area (Å²) in [6, 6.07) is -1.25. The van der Waals surface area contributed by atoms with Crippen LogP contribution in [0.4, 0.5) is 0 Å². The maximum atomic E-state index is 14.3. The summed E-state index contributed by atoms with van der Waals surface area (Å²) in [4.78, 5) is 47.3. The highest BCUT2D eigenvalue weighted by atomic mass is 32.2. The Bertz CT molecular complexity index is 876. The molecular weight excluding hydrogens is 462 g/mol. The number of carbonyl (C=O) groups excluding carboxylic acids is 3. The van der Waals surface area contributed by atoms with Gasteiger partial charge in [-0.1, -0.05) is 26.0 Å². The highest BCUT2D eigenvalue weighted by Crippen LogP contribution is 2.72. The molecule has 6 atom stereocenters. The van der Waals surface area contributed by atoms with Gasteiger partial charge in [-0.05, 0) is 46.0 Å². The zero-order valence-corrected chi connectivity index (χ0v) is 23.0. The van der Waals surface area contributed by atoms with Gasteiger partial charge in [0, 0.05) is 30.9 Å². The van der Waals surface area contributed by atoms with Crippen molar-refractivity contribution in [1.82, 2.24) is 14.7 Å². The van der Waals surface area contributed by atoms with E-state index in [0.717, 1.165) is 6.42 Å². The molecule has 0 aromatic carbocycles. The summed E-state index contributed by atoms with van der Waals surface area (Å²) in [7, 11) is 1.75. The van der Waals surface area contributed by atoms with Crippen LogP contribution in [-0.2, 0) is 14.4 Å². The lowest BCUT2D eigenvalue weighted by Crippen LogP contribution is -2.58. The summed E-state index contributed by atoms with van der Waals surface area (Å²) in [6.45, 7) is 18.3. The van der Waals surface area contributed by atoms with Crippen LogP contribution in [0.3, 0.4) is 0 Å². The fourth-order valence-corrected chi connectivity index (χ4v) is 8.94. The van der Waals surface area contributed by atoms with E-state index in [1.54, 1.807) is 45.7 Å². The Morgan fingerprint density at radius 2 is 1.80 bits per heavy atom. The van der Waals surface area contributed by atoms with Gasteiger partial charge < -0.3 is 19.8 Å². The number of fused-ring (bicyclic) bond motifs is 1. The molecule has 2 unspecified atom stereocenters. The molecule has 0 aromatic heterocycles. The second-order valence-electron chi connectivity index (χ2n) is 11.3. The molecule has 7 nitrogen and oxygen atoms in total. The Balaban J connectivity index is 2.15. The third kappa shape index (κ3) is 4.45. The standard InChI is InChI=1S/C27H43N3O4S/c1-9-13-28(8)23(32)20-21-24(33)30(19(16-31)15-17(3)4)22(25(34)29(14-10-2)18(5)6)27(21)12-11-26(20,7)35-27/h9-10,17-22,31H,1-2,11-16H2,3-8H3/t19-,20-,21+,22?,26+,27?/m1/s1. The van der Waals surface area contributed by atoms with Crippen LogP contribution in [0, 0.1) is 17.8 Å². The number of rotatable bonds is 11. The molecule has 2 bridgehead atoms. The quantitative estimate of drug-likeness (QED) is 0.437. The van der Waals surface area contributed by atoms with Gasteiger partial charge >= 0.3 is 0 Å². The van der Waals surface area contributed by atoms with Crippen LogP contribution in [-0.4, -0.2) is 91.9 Å². The molecule has 35 heavy (non-hydrogen) atoms. The van der Waals surface area contributed by atoms with E-state index in [-0.39, 0.29) is 36.3 Å². The van der Waals surface area contributed by atoms with Crippen molar-refractivity contribution in [3.8, 4) is 0 Å². The highest BCUT2D eigenvalue weighted by Gasteiger charge is 2.78. The number of thioether (sulfide) groups is 1. The van der Waals surface area contributed by atoms with Crippen molar-refractivity contribution >= 4 is 29.5 Å². The maximum Gasteiger partial charge on any atom is 0.247 e. The Kier molecular flexibility index (Phi) is 8.17. The van der Waals surface area contributed by atoms with E-state index >= 15 is 0 Å². The van der Waals surface area contributed by atoms with Gasteiger partial charge in [0.25, 0.3) is 0 Å². The number of amides is 3. The van der Waals surface area contributed by atoms with Crippen molar-refractivity contribution in [1.29, 1.82) is 0 Å². The van der Waals surface area contributed by atoms with E-state index in [1.807, 2.05) is 13.8 Å². The fraction of sp³-hybridized carbons (Fsp3) is 0.741. The predicted octanol–water partition coefficient (Wildman–Crippen LogP) is 2.94. The number of aliphatic hydroxyl groups is 1. The van der Waals surface area contributed by atoms with Crippen molar-refractivity contribution in [2.75, 3.05) is 26.7 Å². The molecule has 1 spiro atoms. The number of likely N-dealkylation sites (tertiary alicyclic amines) is 1. The lowest BCUT2D eigenvalue weighted by molar-refractivity contribution is -0.148. The van der Waals surface area contributed by atoms with Crippen molar-refractivity contribution in [3.05, 3.63) is 25.3 Å². The van der Waals surface area contributed by atoms with Gasteiger partial charge in [-0.15, -0.1) is 24.9 Å². The Morgan fingerprint density at radius 3 is 2.31 bits per heavy atom. The first kappa shape index (κ1) is 27.8. The van der Waals surface area contributed by atoms with E-state index in [0.29, 0.717) is 25.9 Å². The second-order valence-corrected chi connectivity index (χ2v) is 13.2. The Labute approximate surface area is 215 Å². The maximum absolute atomic E-state index is 14.3. The van der Waals surface area contributed by atoms with E-state index < -0.39 is 33.4 Å². The monoisotopic (exact) mass is 505 g/mol. The van der Waals surface area contributed by atoms with Gasteiger partial charge in [0.05, 0.1) is 29.2 Å². The van der Waals surface area contributed by atoms with Crippen LogP contribution in [0.2, 0.25) is 0 Å². The summed E-state index contributed by atoms with van der Waals surface area (Å²) in [5.41, 5.74) is 0. The smallest absolute Gasteiger partial charge is 0.247 e. The topological polar surface area (TPSA) is 81.2 Å². The first-order valence-corrected chi connectivity index (χ1v) is 13.6. The SMILES string of the molecule is C=CCN(C)C(=O)[C@H]1[C@H]2C(=O)N([C@@H](CO)CC(C)C)C(C(=O)N(CC=C)C(C)C)C23CC[C@]1(C)S3. The molecule has 3 aliphatic heterocycles. The van der Waals surface area contributed by atoms with Crippen LogP contribution in [0.25, 0.3) is 0 Å². The number of aliphatic hydroxyl groups excluding tert-OH is 1. The predicted molar refractivity (Wildman–Crippen MR) is 141 cm³/mol. The molecule has 196 valence electrons. The lowest BCUT2D eigenvalue weighted by atomic mass is 9.66. The number of nitrogens with zero attached hydrogens (tertiary/aromatic N) is 3. The lowest BCUT2D eigenvalue weighted by Gasteiger charge is -2.41. The van der Waals surface area contributed by atoms with Gasteiger partial charge in [0.15, 0.2) is 0 Å². The first-order valence-electron chi connectivity index (χ1n) is 12.8. The Hall–Kier alpha value is -1.80. The molecule has 8 heteroatoms. The number of hydrogen-bond acceptors (Lipinski definition) is 5. The molecule has 3 fully saturated rings. The molecule has 3 amide bonds. The first-order chi connectivity index (χ1) is 16.4. The largest absolute Gasteiger partial charge is 0.394 e. The average molecular weight is 506 g/mol. The highest BCUT2D eigenvalue weighted by molar-refractivity contribution is 8.02. The van der Waals surface area contributed by atoms with Gasteiger partial charge in [0.1, 0.15) is 6.04 Å². The van der Waals surface area contributed by atoms with E-state index in [2.05, 4.69) is 33.9 Å². The summed E-state index contributed by atoms with van der Waals surface area (Å²) in [6.07, 6.45) is 5.46. The number of likely N-dealkylation sites (N-methyl/N-ethyl adjacent to an activating group) is 1. The summed E-state index contributed by atoms with van der Waals surface area (Å²) in [5.74, 6) is -1.19. The van der Waals surface area contributed by atoms with Crippen LogP contribution in [0.1, 0.15) is 53.9 Å². The minimum absolute atomic E-state index is 0.0657. The number of hydrogen-bond donors (Lipinski definition) is 1. The number of carbonyl (C=O) groups is 3. The zero-order valence-electron chi connectivity index (χ0n) is 22.2. The van der Waals surface area contributed by atoms with Gasteiger partial charge in [0.2, 0.25) is 17.7 Å². The molecule has 3 saturated heterocycles. The third-order valence-electron chi connectivity index (χ3n) is 8.07. The zero-order chi connectivity index (χ0) is 26.3. The van der Waals surface area contributed by atoms with E-state index in [9.17, 15) is 19.5 Å². The van der Waals surface area contributed by atoms with Crippen molar-refractivity contribution in [3.63, 3.8) is 0 Å². The molecule has 0 aromatic rings. The minimum Gasteiger partial charge on any atom is -0.394 e. The van der Waals surface area contributed by atoms with E-state index in [4.69, 9.17) is 0 Å². The van der Waals surface area contributed by atoms with Crippen molar-refractivity contribution < 1.29 is 19.5 Å². The molecule has 3 rings (SSSR count). The van der Waals surface area contributed by atoms with Crippen LogP contribution >= 0.6 is 11.8 Å². The van der Waals surface area contributed by atoms with E-state index in [1.165, 1.54) is 0 Å². The van der Waals surface area contributed by atoms with Crippen LogP contribution in [0.15, 0.2) is 25.3 Å². The molecule has 0 aliphatic carbocycles. The van der Waals surface area contributed by atoms with Gasteiger partial charge in [-0.2, -0.15) is 0 Å². The normalized spacial score (nSPS) is 32.2. The minimum atomic E-state index is -0.715. The third-order valence-corrected chi connectivity index (χ3v) is 10.1. The van der Waals surface area contributed by atoms with Crippen LogP contribution in [0.5, 0.6) is 0 Å². The fourth-order valence-electron chi connectivity index (χ4n) is 6.61.